The van der Waals surface area contributed by atoms with Gasteiger partial charge in [-0.05, 0) is 32.6 Å². The van der Waals surface area contributed by atoms with Crippen molar-refractivity contribution in [3.63, 3.8) is 0 Å². The van der Waals surface area contributed by atoms with Gasteiger partial charge in [0.25, 0.3) is 0 Å². The smallest absolute Gasteiger partial charge is 0.191 e. The lowest BCUT2D eigenvalue weighted by atomic mass is 9.99. The standard InChI is InChI=1S/C18H32N4O2.HI/c1-4-14(5-2)16-11-15(24-22-16)12-20-17(19-6-3)21-13-18(23)9-7-8-10-18;/h11,14,23H,4-10,12-13H2,1-3H3,(H2,19,20,21);1H. The molecular weight excluding hydrogens is 431 g/mol. The Morgan fingerprint density at radius 1 is 1.28 bits per heavy atom. The zero-order valence-electron chi connectivity index (χ0n) is 15.7. The fraction of sp³-hybridized carbons (Fsp3) is 0.778. The van der Waals surface area contributed by atoms with Crippen molar-refractivity contribution in [2.24, 2.45) is 4.99 Å². The molecule has 1 fully saturated rings. The number of nitrogens with zero attached hydrogens (tertiary/aromatic N) is 2. The summed E-state index contributed by atoms with van der Waals surface area (Å²) in [6.45, 7) is 8.12. The normalized spacial score (nSPS) is 16.8. The van der Waals surface area contributed by atoms with Crippen molar-refractivity contribution in [3.8, 4) is 0 Å². The summed E-state index contributed by atoms with van der Waals surface area (Å²) in [5.74, 6) is 1.93. The maximum Gasteiger partial charge on any atom is 0.191 e. The van der Waals surface area contributed by atoms with Crippen LogP contribution in [0.25, 0.3) is 0 Å². The van der Waals surface area contributed by atoms with E-state index in [1.54, 1.807) is 0 Å². The minimum Gasteiger partial charge on any atom is -0.388 e. The highest BCUT2D eigenvalue weighted by molar-refractivity contribution is 14.0. The van der Waals surface area contributed by atoms with E-state index >= 15 is 0 Å². The number of rotatable bonds is 8. The average molecular weight is 464 g/mol. The first-order valence-corrected chi connectivity index (χ1v) is 9.30. The number of hydrogen-bond acceptors (Lipinski definition) is 4. The number of aliphatic hydroxyl groups is 1. The maximum atomic E-state index is 10.4. The van der Waals surface area contributed by atoms with Gasteiger partial charge in [0.1, 0.15) is 6.54 Å². The lowest BCUT2D eigenvalue weighted by Crippen LogP contribution is -2.46. The monoisotopic (exact) mass is 464 g/mol. The first-order valence-electron chi connectivity index (χ1n) is 9.30. The van der Waals surface area contributed by atoms with Crippen molar-refractivity contribution >= 4 is 29.9 Å². The third kappa shape index (κ3) is 6.77. The second-order valence-corrected chi connectivity index (χ2v) is 6.71. The maximum absolute atomic E-state index is 10.4. The van der Waals surface area contributed by atoms with Gasteiger partial charge >= 0.3 is 0 Å². The predicted octanol–water partition coefficient (Wildman–Crippen LogP) is 3.56. The van der Waals surface area contributed by atoms with Crippen molar-refractivity contribution in [2.75, 3.05) is 13.1 Å². The van der Waals surface area contributed by atoms with Crippen LogP contribution in [0, 0.1) is 0 Å². The van der Waals surface area contributed by atoms with E-state index in [1.165, 1.54) is 0 Å². The highest BCUT2D eigenvalue weighted by Gasteiger charge is 2.30. The molecule has 2 rings (SSSR count). The molecular formula is C18H33IN4O2. The molecule has 1 heterocycles. The quantitative estimate of drug-likeness (QED) is 0.312. The Labute approximate surface area is 168 Å². The van der Waals surface area contributed by atoms with Crippen LogP contribution in [0.4, 0.5) is 0 Å². The zero-order valence-corrected chi connectivity index (χ0v) is 18.0. The van der Waals surface area contributed by atoms with Gasteiger partial charge in [-0.15, -0.1) is 24.0 Å². The largest absolute Gasteiger partial charge is 0.388 e. The Kier molecular flexibility index (Phi) is 9.78. The fourth-order valence-electron chi connectivity index (χ4n) is 3.26. The molecule has 1 aliphatic rings. The summed E-state index contributed by atoms with van der Waals surface area (Å²) in [5, 5.41) is 21.1. The van der Waals surface area contributed by atoms with E-state index in [0.717, 1.165) is 56.5 Å². The molecule has 0 aromatic carbocycles. The van der Waals surface area contributed by atoms with Crippen LogP contribution in [0.15, 0.2) is 15.6 Å². The number of hydrogen-bond donors (Lipinski definition) is 3. The SMILES string of the molecule is CCNC(=NCc1cc(C(CC)CC)no1)NCC1(O)CCCC1.I. The van der Waals surface area contributed by atoms with Gasteiger partial charge in [0, 0.05) is 25.1 Å². The van der Waals surface area contributed by atoms with Crippen LogP contribution >= 0.6 is 24.0 Å². The van der Waals surface area contributed by atoms with Crippen LogP contribution in [0.1, 0.15) is 76.7 Å². The minimum absolute atomic E-state index is 0. The fourth-order valence-corrected chi connectivity index (χ4v) is 3.26. The Bertz CT molecular complexity index is 523. The molecule has 1 aliphatic carbocycles. The van der Waals surface area contributed by atoms with Crippen LogP contribution in [-0.4, -0.2) is 34.9 Å². The van der Waals surface area contributed by atoms with Gasteiger partial charge in [-0.2, -0.15) is 0 Å². The van der Waals surface area contributed by atoms with E-state index in [9.17, 15) is 5.11 Å². The van der Waals surface area contributed by atoms with Crippen LogP contribution < -0.4 is 10.6 Å². The Balaban J connectivity index is 0.00000312. The molecule has 25 heavy (non-hydrogen) atoms. The van der Waals surface area contributed by atoms with E-state index < -0.39 is 5.60 Å². The van der Waals surface area contributed by atoms with Crippen LogP contribution in [0.5, 0.6) is 0 Å². The third-order valence-electron chi connectivity index (χ3n) is 4.84. The molecule has 0 bridgehead atoms. The lowest BCUT2D eigenvalue weighted by Gasteiger charge is -2.23. The van der Waals surface area contributed by atoms with E-state index in [0.29, 0.717) is 25.0 Å². The first-order chi connectivity index (χ1) is 11.6. The summed E-state index contributed by atoms with van der Waals surface area (Å²) in [4.78, 5) is 4.55. The van der Waals surface area contributed by atoms with Gasteiger partial charge < -0.3 is 20.3 Å². The van der Waals surface area contributed by atoms with Crippen LogP contribution in [-0.2, 0) is 6.54 Å². The topological polar surface area (TPSA) is 82.7 Å². The zero-order chi connectivity index (χ0) is 17.4. The summed E-state index contributed by atoms with van der Waals surface area (Å²) >= 11 is 0. The molecule has 144 valence electrons. The van der Waals surface area contributed by atoms with Gasteiger partial charge in [-0.1, -0.05) is 31.8 Å². The summed E-state index contributed by atoms with van der Waals surface area (Å²) < 4.78 is 5.41. The Morgan fingerprint density at radius 3 is 2.56 bits per heavy atom. The molecule has 0 radical (unpaired) electrons. The third-order valence-corrected chi connectivity index (χ3v) is 4.84. The molecule has 0 atom stereocenters. The number of halogens is 1. The molecule has 3 N–H and O–H groups in total. The van der Waals surface area contributed by atoms with E-state index in [2.05, 4.69) is 34.6 Å². The van der Waals surface area contributed by atoms with Crippen molar-refractivity contribution in [3.05, 3.63) is 17.5 Å². The molecule has 7 heteroatoms. The van der Waals surface area contributed by atoms with Crippen LogP contribution in [0.2, 0.25) is 0 Å². The number of guanidine groups is 1. The molecule has 0 spiro atoms. The minimum atomic E-state index is -0.592. The molecule has 0 saturated heterocycles. The summed E-state index contributed by atoms with van der Waals surface area (Å²) in [6.07, 6.45) is 6.05. The number of aromatic nitrogens is 1. The molecule has 6 nitrogen and oxygen atoms in total. The second-order valence-electron chi connectivity index (χ2n) is 6.71. The second kappa shape index (κ2) is 11.0. The van der Waals surface area contributed by atoms with Gasteiger partial charge in [0.2, 0.25) is 0 Å². The summed E-state index contributed by atoms with van der Waals surface area (Å²) in [7, 11) is 0. The van der Waals surface area contributed by atoms with Crippen molar-refractivity contribution < 1.29 is 9.63 Å². The average Bonchev–Trinajstić information content (AvgIpc) is 3.21. The molecule has 1 aromatic rings. The van der Waals surface area contributed by atoms with E-state index in [1.807, 2.05) is 13.0 Å². The van der Waals surface area contributed by atoms with Crippen LogP contribution in [0.3, 0.4) is 0 Å². The van der Waals surface area contributed by atoms with E-state index in [-0.39, 0.29) is 24.0 Å². The summed E-state index contributed by atoms with van der Waals surface area (Å²) in [5.41, 5.74) is 0.425. The summed E-state index contributed by atoms with van der Waals surface area (Å²) in [6, 6.07) is 2.01. The van der Waals surface area contributed by atoms with Gasteiger partial charge in [0.15, 0.2) is 11.7 Å². The Morgan fingerprint density at radius 2 is 1.96 bits per heavy atom. The van der Waals surface area contributed by atoms with Gasteiger partial charge in [-0.25, -0.2) is 4.99 Å². The predicted molar refractivity (Wildman–Crippen MR) is 111 cm³/mol. The van der Waals surface area contributed by atoms with Gasteiger partial charge in [0.05, 0.1) is 11.3 Å². The molecule has 0 amide bonds. The molecule has 0 aliphatic heterocycles. The molecule has 1 saturated carbocycles. The highest BCUT2D eigenvalue weighted by Crippen LogP contribution is 2.28. The molecule has 0 unspecified atom stereocenters. The van der Waals surface area contributed by atoms with Gasteiger partial charge in [-0.3, -0.25) is 0 Å². The number of nitrogens with one attached hydrogen (secondary N) is 2. The first kappa shape index (κ1) is 22.2. The van der Waals surface area contributed by atoms with Crippen molar-refractivity contribution in [1.29, 1.82) is 0 Å². The highest BCUT2D eigenvalue weighted by atomic mass is 127. The van der Waals surface area contributed by atoms with Crippen molar-refractivity contribution in [2.45, 2.75) is 77.4 Å². The van der Waals surface area contributed by atoms with E-state index in [4.69, 9.17) is 4.52 Å². The lowest BCUT2D eigenvalue weighted by molar-refractivity contribution is 0.0522. The Hall–Kier alpha value is -0.830. The molecule has 1 aromatic heterocycles. The number of aliphatic imine (C=N–C) groups is 1. The van der Waals surface area contributed by atoms with Crippen molar-refractivity contribution in [1.82, 2.24) is 15.8 Å².